The maximum absolute atomic E-state index is 12.0. The van der Waals surface area contributed by atoms with Crippen LogP contribution in [-0.2, 0) is 10.2 Å². The number of rotatable bonds is 6. The lowest BCUT2D eigenvalue weighted by Gasteiger charge is -2.19. The highest BCUT2D eigenvalue weighted by molar-refractivity contribution is 7.90. The Labute approximate surface area is 113 Å². The molecule has 0 heterocycles. The highest BCUT2D eigenvalue weighted by Gasteiger charge is 2.17. The van der Waals surface area contributed by atoms with Gasteiger partial charge in [-0.15, -0.1) is 0 Å². The van der Waals surface area contributed by atoms with Crippen molar-refractivity contribution >= 4 is 27.5 Å². The van der Waals surface area contributed by atoms with Crippen LogP contribution in [0.5, 0.6) is 0 Å². The number of nitrogens with two attached hydrogens (primary N) is 1. The summed E-state index contributed by atoms with van der Waals surface area (Å²) < 4.78 is 27.7. The van der Waals surface area contributed by atoms with E-state index in [-0.39, 0.29) is 0 Å². The molecule has 0 aromatic heterocycles. The fraction of sp³-hybridized carbons (Fsp3) is 0.455. The summed E-state index contributed by atoms with van der Waals surface area (Å²) in [6.45, 7) is 2.65. The van der Waals surface area contributed by atoms with Crippen molar-refractivity contribution in [1.82, 2.24) is 4.31 Å². The van der Waals surface area contributed by atoms with Gasteiger partial charge in [0.2, 0.25) is 0 Å². The molecule has 3 N–H and O–H groups in total. The van der Waals surface area contributed by atoms with Gasteiger partial charge in [-0.2, -0.15) is 12.7 Å². The van der Waals surface area contributed by atoms with E-state index in [0.29, 0.717) is 30.2 Å². The molecule has 0 fully saturated rings. The third-order valence-electron chi connectivity index (χ3n) is 2.53. The van der Waals surface area contributed by atoms with E-state index in [2.05, 4.69) is 4.72 Å². The van der Waals surface area contributed by atoms with Gasteiger partial charge in [0.05, 0.1) is 5.69 Å². The molecule has 0 saturated carbocycles. The Balaban J connectivity index is 2.85. The van der Waals surface area contributed by atoms with Gasteiger partial charge in [-0.1, -0.05) is 17.7 Å². The topological polar surface area (TPSA) is 75.4 Å². The van der Waals surface area contributed by atoms with Gasteiger partial charge in [0.25, 0.3) is 0 Å². The van der Waals surface area contributed by atoms with Crippen molar-refractivity contribution < 1.29 is 8.42 Å². The zero-order chi connectivity index (χ0) is 13.8. The molecule has 1 aromatic rings. The molecule has 5 nitrogen and oxygen atoms in total. The first-order valence-electron chi connectivity index (χ1n) is 5.57. The van der Waals surface area contributed by atoms with Crippen LogP contribution < -0.4 is 10.5 Å². The minimum absolute atomic E-state index is 0.380. The zero-order valence-corrected chi connectivity index (χ0v) is 12.1. The van der Waals surface area contributed by atoms with E-state index in [0.717, 1.165) is 5.56 Å². The van der Waals surface area contributed by atoms with Crippen LogP contribution in [0.25, 0.3) is 0 Å². The minimum atomic E-state index is -3.56. The molecule has 1 rings (SSSR count). The van der Waals surface area contributed by atoms with Crippen LogP contribution in [0, 0.1) is 6.92 Å². The van der Waals surface area contributed by atoms with E-state index in [1.54, 1.807) is 18.2 Å². The van der Waals surface area contributed by atoms with Crippen LogP contribution in [0.15, 0.2) is 18.2 Å². The van der Waals surface area contributed by atoms with Crippen LogP contribution in [-0.4, -0.2) is 32.9 Å². The second kappa shape index (κ2) is 6.38. The highest BCUT2D eigenvalue weighted by atomic mass is 35.5. The lowest BCUT2D eigenvalue weighted by molar-refractivity contribution is 0.468. The number of anilines is 1. The summed E-state index contributed by atoms with van der Waals surface area (Å²) in [5.74, 6) is 0. The van der Waals surface area contributed by atoms with Gasteiger partial charge in [0.1, 0.15) is 0 Å². The smallest absolute Gasteiger partial charge is 0.301 e. The highest BCUT2D eigenvalue weighted by Crippen LogP contribution is 2.21. The second-order valence-corrected chi connectivity index (χ2v) is 6.24. The third kappa shape index (κ3) is 4.13. The molecule has 102 valence electrons. The molecule has 0 amide bonds. The Hall–Kier alpha value is -0.820. The van der Waals surface area contributed by atoms with Crippen molar-refractivity contribution in [1.29, 1.82) is 0 Å². The molecule has 0 saturated heterocycles. The summed E-state index contributed by atoms with van der Waals surface area (Å²) in [6.07, 6.45) is 0.617. The van der Waals surface area contributed by atoms with Gasteiger partial charge < -0.3 is 5.73 Å². The molecule has 7 heteroatoms. The lowest BCUT2D eigenvalue weighted by atomic mass is 10.2. The number of nitrogens with one attached hydrogen (secondary N) is 1. The first-order valence-corrected chi connectivity index (χ1v) is 7.39. The number of hydrogen-bond donors (Lipinski definition) is 2. The summed E-state index contributed by atoms with van der Waals surface area (Å²) in [5, 5.41) is 0.489. The maximum Gasteiger partial charge on any atom is 0.301 e. The number of benzene rings is 1. The molecule has 0 aliphatic rings. The first kappa shape index (κ1) is 15.2. The van der Waals surface area contributed by atoms with Crippen LogP contribution in [0.4, 0.5) is 5.69 Å². The minimum Gasteiger partial charge on any atom is -0.330 e. The van der Waals surface area contributed by atoms with Gasteiger partial charge in [0.15, 0.2) is 0 Å². The average Bonchev–Trinajstić information content (AvgIpc) is 2.30. The maximum atomic E-state index is 12.0. The van der Waals surface area contributed by atoms with Gasteiger partial charge in [-0.3, -0.25) is 4.72 Å². The van der Waals surface area contributed by atoms with Gasteiger partial charge in [0, 0.05) is 18.6 Å². The van der Waals surface area contributed by atoms with E-state index in [1.165, 1.54) is 11.4 Å². The molecule has 18 heavy (non-hydrogen) atoms. The molecule has 0 spiro atoms. The number of aryl methyl sites for hydroxylation is 1. The van der Waals surface area contributed by atoms with Crippen molar-refractivity contribution in [2.24, 2.45) is 5.73 Å². The summed E-state index contributed by atoms with van der Waals surface area (Å²) >= 11 is 5.84. The molecule has 1 aromatic carbocycles. The molecule has 0 atom stereocenters. The predicted octanol–water partition coefficient (Wildman–Crippen LogP) is 1.59. The summed E-state index contributed by atoms with van der Waals surface area (Å²) in [7, 11) is -2.04. The van der Waals surface area contributed by atoms with Gasteiger partial charge in [-0.25, -0.2) is 0 Å². The van der Waals surface area contributed by atoms with Crippen LogP contribution in [0.3, 0.4) is 0 Å². The normalized spacial score (nSPS) is 11.8. The number of nitrogens with zero attached hydrogens (tertiary/aromatic N) is 1. The van der Waals surface area contributed by atoms with Crippen molar-refractivity contribution in [2.75, 3.05) is 24.9 Å². The lowest BCUT2D eigenvalue weighted by Crippen LogP contribution is -2.34. The van der Waals surface area contributed by atoms with E-state index >= 15 is 0 Å². The fourth-order valence-corrected chi connectivity index (χ4v) is 2.55. The van der Waals surface area contributed by atoms with Crippen molar-refractivity contribution in [3.63, 3.8) is 0 Å². The number of hydrogen-bond acceptors (Lipinski definition) is 3. The predicted molar refractivity (Wildman–Crippen MR) is 75.0 cm³/mol. The summed E-state index contributed by atoms with van der Waals surface area (Å²) in [6, 6.07) is 5.07. The Morgan fingerprint density at radius 3 is 2.72 bits per heavy atom. The van der Waals surface area contributed by atoms with Crippen molar-refractivity contribution in [3.8, 4) is 0 Å². The molecule has 0 radical (unpaired) electrons. The standard InChI is InChI=1S/C11H18ClN3O2S/c1-9-4-5-10(12)8-11(9)14-18(16,17)15(2)7-3-6-13/h4-5,8,14H,3,6-7,13H2,1-2H3. The van der Waals surface area contributed by atoms with Crippen LogP contribution in [0.1, 0.15) is 12.0 Å². The Morgan fingerprint density at radius 2 is 2.11 bits per heavy atom. The monoisotopic (exact) mass is 291 g/mol. The van der Waals surface area contributed by atoms with E-state index < -0.39 is 10.2 Å². The van der Waals surface area contributed by atoms with Crippen LogP contribution in [0.2, 0.25) is 5.02 Å². The van der Waals surface area contributed by atoms with E-state index in [1.807, 2.05) is 6.92 Å². The fourth-order valence-electron chi connectivity index (χ4n) is 1.36. The largest absolute Gasteiger partial charge is 0.330 e. The van der Waals surface area contributed by atoms with Crippen LogP contribution >= 0.6 is 11.6 Å². The second-order valence-electron chi connectivity index (χ2n) is 4.03. The van der Waals surface area contributed by atoms with Gasteiger partial charge in [-0.05, 0) is 37.6 Å². The first-order chi connectivity index (χ1) is 8.36. The Kier molecular flexibility index (Phi) is 5.40. The summed E-state index contributed by atoms with van der Waals surface area (Å²) in [4.78, 5) is 0. The third-order valence-corrected chi connectivity index (χ3v) is 4.24. The molecule has 0 bridgehead atoms. The van der Waals surface area contributed by atoms with Crippen molar-refractivity contribution in [2.45, 2.75) is 13.3 Å². The Bertz CT molecular complexity index is 505. The molecule has 0 aliphatic heterocycles. The quantitative estimate of drug-likeness (QED) is 0.836. The van der Waals surface area contributed by atoms with E-state index in [4.69, 9.17) is 17.3 Å². The number of halogens is 1. The Morgan fingerprint density at radius 1 is 1.44 bits per heavy atom. The molecular formula is C11H18ClN3O2S. The average molecular weight is 292 g/mol. The SMILES string of the molecule is Cc1ccc(Cl)cc1NS(=O)(=O)N(C)CCCN. The molecule has 0 aliphatic carbocycles. The zero-order valence-electron chi connectivity index (χ0n) is 10.5. The molecular weight excluding hydrogens is 274 g/mol. The van der Waals surface area contributed by atoms with Crippen molar-refractivity contribution in [3.05, 3.63) is 28.8 Å². The molecule has 0 unspecified atom stereocenters. The van der Waals surface area contributed by atoms with Gasteiger partial charge >= 0.3 is 10.2 Å². The van der Waals surface area contributed by atoms with E-state index in [9.17, 15) is 8.42 Å². The summed E-state index contributed by atoms with van der Waals surface area (Å²) in [5.41, 5.74) is 6.66.